The van der Waals surface area contributed by atoms with Crippen LogP contribution < -0.4 is 10.1 Å². The lowest BCUT2D eigenvalue weighted by Gasteiger charge is -2.28. The number of hydrogen-bond acceptors (Lipinski definition) is 4. The fourth-order valence-electron chi connectivity index (χ4n) is 3.71. The predicted molar refractivity (Wildman–Crippen MR) is 121 cm³/mol. The van der Waals surface area contributed by atoms with Crippen LogP contribution in [-0.4, -0.2) is 25.5 Å². The highest BCUT2D eigenvalue weighted by atomic mass is 32.2. The Bertz CT molecular complexity index is 1140. The van der Waals surface area contributed by atoms with Crippen molar-refractivity contribution in [2.45, 2.75) is 26.5 Å². The van der Waals surface area contributed by atoms with E-state index in [1.54, 1.807) is 0 Å². The van der Waals surface area contributed by atoms with Crippen LogP contribution in [0.4, 0.5) is 11.4 Å². The maximum atomic E-state index is 11.9. The molecule has 1 heterocycles. The molecule has 1 aliphatic heterocycles. The Hall–Kier alpha value is -2.83. The number of nitrogens with zero attached hydrogens (tertiary/aromatic N) is 1. The highest BCUT2D eigenvalue weighted by Gasteiger charge is 2.24. The summed E-state index contributed by atoms with van der Waals surface area (Å²) < 4.78 is 31.4. The summed E-state index contributed by atoms with van der Waals surface area (Å²) in [6, 6.07) is 22.2. The van der Waals surface area contributed by atoms with E-state index in [-0.39, 0.29) is 0 Å². The van der Waals surface area contributed by atoms with Crippen molar-refractivity contribution in [1.82, 2.24) is 4.31 Å². The van der Waals surface area contributed by atoms with E-state index in [0.717, 1.165) is 33.8 Å². The van der Waals surface area contributed by atoms with Gasteiger partial charge in [-0.05, 0) is 47.7 Å². The molecule has 0 spiro atoms. The maximum absolute atomic E-state index is 11.9. The summed E-state index contributed by atoms with van der Waals surface area (Å²) in [6.07, 6.45) is 1.96. The largest absolute Gasteiger partial charge is 0.489 e. The molecule has 5 nitrogen and oxygen atoms in total. The van der Waals surface area contributed by atoms with Crippen LogP contribution in [0.2, 0.25) is 0 Å². The standard InChI is InChI=1S/C24H26N2O3S/c1-18-11-12-21(15-24(18)29-17-19-7-4-3-5-8-19)25-23-10-6-9-20-16-26(30(2,27)28)14-13-22(20)23/h3-12,15,25H,13-14,16-17H2,1-2H3. The highest BCUT2D eigenvalue weighted by molar-refractivity contribution is 7.88. The summed E-state index contributed by atoms with van der Waals surface area (Å²) in [6.45, 7) is 3.48. The van der Waals surface area contributed by atoms with Gasteiger partial charge in [0.15, 0.2) is 0 Å². The minimum absolute atomic E-state index is 0.420. The number of sulfonamides is 1. The van der Waals surface area contributed by atoms with Gasteiger partial charge in [-0.25, -0.2) is 8.42 Å². The Morgan fingerprint density at radius 2 is 1.83 bits per heavy atom. The van der Waals surface area contributed by atoms with Crippen LogP contribution in [0.5, 0.6) is 5.75 Å². The molecule has 3 aromatic carbocycles. The molecule has 0 amide bonds. The number of hydrogen-bond donors (Lipinski definition) is 1. The van der Waals surface area contributed by atoms with E-state index in [0.29, 0.717) is 26.1 Å². The van der Waals surface area contributed by atoms with Gasteiger partial charge < -0.3 is 10.1 Å². The van der Waals surface area contributed by atoms with Gasteiger partial charge in [-0.15, -0.1) is 0 Å². The molecule has 0 bridgehead atoms. The van der Waals surface area contributed by atoms with E-state index < -0.39 is 10.0 Å². The normalized spacial score (nSPS) is 14.2. The fraction of sp³-hybridized carbons (Fsp3) is 0.250. The van der Waals surface area contributed by atoms with Gasteiger partial charge >= 0.3 is 0 Å². The van der Waals surface area contributed by atoms with E-state index in [2.05, 4.69) is 5.32 Å². The van der Waals surface area contributed by atoms with Gasteiger partial charge in [0, 0.05) is 30.5 Å². The third-order valence-corrected chi connectivity index (χ3v) is 6.65. The molecule has 30 heavy (non-hydrogen) atoms. The van der Waals surface area contributed by atoms with Crippen molar-refractivity contribution >= 4 is 21.4 Å². The van der Waals surface area contributed by atoms with Gasteiger partial charge in [0.2, 0.25) is 10.0 Å². The number of ether oxygens (including phenoxy) is 1. The first-order chi connectivity index (χ1) is 14.4. The molecule has 0 fully saturated rings. The van der Waals surface area contributed by atoms with E-state index in [1.807, 2.05) is 73.7 Å². The highest BCUT2D eigenvalue weighted by Crippen LogP contribution is 2.31. The topological polar surface area (TPSA) is 58.6 Å². The van der Waals surface area contributed by atoms with Gasteiger partial charge in [0.1, 0.15) is 12.4 Å². The third-order valence-electron chi connectivity index (χ3n) is 5.40. The molecule has 3 aromatic rings. The Labute approximate surface area is 178 Å². The molecule has 0 atom stereocenters. The fourth-order valence-corrected chi connectivity index (χ4v) is 4.50. The second-order valence-electron chi connectivity index (χ2n) is 7.67. The zero-order chi connectivity index (χ0) is 21.1. The van der Waals surface area contributed by atoms with Gasteiger partial charge in [-0.3, -0.25) is 0 Å². The summed E-state index contributed by atoms with van der Waals surface area (Å²) in [4.78, 5) is 0. The molecule has 0 saturated heterocycles. The zero-order valence-electron chi connectivity index (χ0n) is 17.3. The number of fused-ring (bicyclic) bond motifs is 1. The molecule has 0 saturated carbocycles. The van der Waals surface area contributed by atoms with E-state index in [1.165, 1.54) is 16.1 Å². The van der Waals surface area contributed by atoms with E-state index >= 15 is 0 Å². The lowest BCUT2D eigenvalue weighted by molar-refractivity contribution is 0.304. The second kappa shape index (κ2) is 8.50. The number of benzene rings is 3. The summed E-state index contributed by atoms with van der Waals surface area (Å²) in [7, 11) is -3.18. The van der Waals surface area contributed by atoms with Crippen LogP contribution in [-0.2, 0) is 29.6 Å². The van der Waals surface area contributed by atoms with Crippen LogP contribution in [0.3, 0.4) is 0 Å². The van der Waals surface area contributed by atoms with E-state index in [4.69, 9.17) is 4.74 Å². The Morgan fingerprint density at radius 3 is 2.60 bits per heavy atom. The minimum Gasteiger partial charge on any atom is -0.489 e. The van der Waals surface area contributed by atoms with Crippen molar-refractivity contribution in [3.63, 3.8) is 0 Å². The summed E-state index contributed by atoms with van der Waals surface area (Å²) in [5.41, 5.74) is 6.38. The first kappa shape index (κ1) is 20.4. The average Bonchev–Trinajstić information content (AvgIpc) is 2.74. The summed E-state index contributed by atoms with van der Waals surface area (Å²) in [5, 5.41) is 3.50. The van der Waals surface area contributed by atoms with Gasteiger partial charge in [-0.1, -0.05) is 48.5 Å². The van der Waals surface area contributed by atoms with Crippen LogP contribution in [0.15, 0.2) is 66.7 Å². The Morgan fingerprint density at radius 1 is 1.03 bits per heavy atom. The van der Waals surface area contributed by atoms with Crippen molar-refractivity contribution in [2.24, 2.45) is 0 Å². The number of aryl methyl sites for hydroxylation is 1. The number of anilines is 2. The monoisotopic (exact) mass is 422 g/mol. The van der Waals surface area contributed by atoms with Crippen molar-refractivity contribution in [2.75, 3.05) is 18.1 Å². The Balaban J connectivity index is 1.53. The first-order valence-corrected chi connectivity index (χ1v) is 11.9. The lowest BCUT2D eigenvalue weighted by Crippen LogP contribution is -2.35. The molecule has 0 aromatic heterocycles. The van der Waals surface area contributed by atoms with Gasteiger partial charge in [0.25, 0.3) is 0 Å². The maximum Gasteiger partial charge on any atom is 0.211 e. The summed E-state index contributed by atoms with van der Waals surface area (Å²) >= 11 is 0. The molecule has 0 aliphatic carbocycles. The van der Waals surface area contributed by atoms with Crippen molar-refractivity contribution in [3.05, 3.63) is 89.0 Å². The van der Waals surface area contributed by atoms with Crippen molar-refractivity contribution in [1.29, 1.82) is 0 Å². The van der Waals surface area contributed by atoms with Crippen LogP contribution in [0, 0.1) is 6.92 Å². The quantitative estimate of drug-likeness (QED) is 0.629. The number of rotatable bonds is 6. The average molecular weight is 423 g/mol. The molecule has 6 heteroatoms. The molecule has 0 unspecified atom stereocenters. The molecule has 4 rings (SSSR count). The molecule has 0 radical (unpaired) electrons. The van der Waals surface area contributed by atoms with Gasteiger partial charge in [-0.2, -0.15) is 4.31 Å². The number of nitrogens with one attached hydrogen (secondary N) is 1. The zero-order valence-corrected chi connectivity index (χ0v) is 18.1. The molecule has 156 valence electrons. The van der Waals surface area contributed by atoms with Crippen molar-refractivity contribution in [3.8, 4) is 5.75 Å². The molecular weight excluding hydrogens is 396 g/mol. The van der Waals surface area contributed by atoms with Crippen LogP contribution in [0.1, 0.15) is 22.3 Å². The molecular formula is C24H26N2O3S. The van der Waals surface area contributed by atoms with E-state index in [9.17, 15) is 8.42 Å². The van der Waals surface area contributed by atoms with Gasteiger partial charge in [0.05, 0.1) is 6.26 Å². The predicted octanol–water partition coefficient (Wildman–Crippen LogP) is 4.64. The third kappa shape index (κ3) is 4.66. The lowest BCUT2D eigenvalue weighted by atomic mass is 9.99. The molecule has 1 N–H and O–H groups in total. The smallest absolute Gasteiger partial charge is 0.211 e. The minimum atomic E-state index is -3.18. The van der Waals surface area contributed by atoms with Crippen LogP contribution in [0.25, 0.3) is 0 Å². The first-order valence-electron chi connectivity index (χ1n) is 10.0. The second-order valence-corrected chi connectivity index (χ2v) is 9.65. The molecule has 1 aliphatic rings. The summed E-state index contributed by atoms with van der Waals surface area (Å²) in [5.74, 6) is 0.844. The Kier molecular flexibility index (Phi) is 5.79. The van der Waals surface area contributed by atoms with Crippen molar-refractivity contribution < 1.29 is 13.2 Å². The SMILES string of the molecule is Cc1ccc(Nc2cccc3c2CCN(S(C)(=O)=O)C3)cc1OCc1ccccc1. The van der Waals surface area contributed by atoms with Crippen LogP contribution >= 0.6 is 0 Å².